The second-order valence-electron chi connectivity index (χ2n) is 2.70. The van der Waals surface area contributed by atoms with Gasteiger partial charge >= 0.3 is 0 Å². The third kappa shape index (κ3) is 2.34. The first-order valence-electron chi connectivity index (χ1n) is 4.07. The summed E-state index contributed by atoms with van der Waals surface area (Å²) < 4.78 is 0. The first-order valence-corrected chi connectivity index (χ1v) is 4.95. The van der Waals surface area contributed by atoms with E-state index in [1.807, 2.05) is 25.3 Å². The predicted molar refractivity (Wildman–Crippen MR) is 51.7 cm³/mol. The van der Waals surface area contributed by atoms with Gasteiger partial charge in [0.15, 0.2) is 0 Å². The van der Waals surface area contributed by atoms with E-state index in [1.54, 1.807) is 11.3 Å². The van der Waals surface area contributed by atoms with E-state index in [-0.39, 0.29) is 5.91 Å². The Morgan fingerprint density at radius 3 is 2.92 bits per heavy atom. The molecular weight excluding hydrogens is 170 g/mol. The minimum atomic E-state index is 0.0428. The molecule has 0 aliphatic heterocycles. The molecule has 0 aliphatic rings. The molecule has 0 radical (unpaired) electrons. The molecular formula is C9H13NOS. The number of thiophene rings is 1. The normalized spacial score (nSPS) is 9.83. The maximum absolute atomic E-state index is 11.3. The monoisotopic (exact) mass is 183 g/mol. The number of amides is 1. The fraction of sp³-hybridized carbons (Fsp3) is 0.444. The van der Waals surface area contributed by atoms with Gasteiger partial charge in [-0.2, -0.15) is 0 Å². The maximum Gasteiger partial charge on any atom is 0.252 e. The van der Waals surface area contributed by atoms with Crippen molar-refractivity contribution in [1.29, 1.82) is 0 Å². The molecule has 3 heteroatoms. The van der Waals surface area contributed by atoms with Crippen molar-refractivity contribution < 1.29 is 4.79 Å². The summed E-state index contributed by atoms with van der Waals surface area (Å²) in [6, 6.07) is 1.91. The zero-order chi connectivity index (χ0) is 8.97. The van der Waals surface area contributed by atoms with Crippen molar-refractivity contribution in [1.82, 2.24) is 5.32 Å². The molecule has 1 rings (SSSR count). The van der Waals surface area contributed by atoms with Crippen LogP contribution in [0.4, 0.5) is 0 Å². The maximum atomic E-state index is 11.3. The summed E-state index contributed by atoms with van der Waals surface area (Å²) in [5.74, 6) is 0.0428. The van der Waals surface area contributed by atoms with Gasteiger partial charge in [0.05, 0.1) is 5.56 Å². The molecule has 0 aliphatic carbocycles. The van der Waals surface area contributed by atoms with E-state index in [2.05, 4.69) is 5.32 Å². The molecule has 0 atom stereocenters. The minimum absolute atomic E-state index is 0.0428. The smallest absolute Gasteiger partial charge is 0.252 e. The van der Waals surface area contributed by atoms with Crippen LogP contribution in [-0.2, 0) is 0 Å². The van der Waals surface area contributed by atoms with Crippen LogP contribution in [0.1, 0.15) is 28.6 Å². The van der Waals surface area contributed by atoms with Crippen LogP contribution in [0.25, 0.3) is 0 Å². The quantitative estimate of drug-likeness (QED) is 0.764. The van der Waals surface area contributed by atoms with E-state index in [1.165, 1.54) is 4.88 Å². The summed E-state index contributed by atoms with van der Waals surface area (Å²) >= 11 is 1.61. The molecule has 0 unspecified atom stereocenters. The number of carbonyl (C=O) groups excluding carboxylic acids is 1. The molecule has 12 heavy (non-hydrogen) atoms. The van der Waals surface area contributed by atoms with E-state index in [0.717, 1.165) is 18.5 Å². The topological polar surface area (TPSA) is 29.1 Å². The van der Waals surface area contributed by atoms with E-state index < -0.39 is 0 Å². The zero-order valence-electron chi connectivity index (χ0n) is 7.39. The lowest BCUT2D eigenvalue weighted by Gasteiger charge is -1.99. The van der Waals surface area contributed by atoms with Gasteiger partial charge in [0, 0.05) is 16.8 Å². The van der Waals surface area contributed by atoms with Crippen LogP contribution in [0.15, 0.2) is 11.4 Å². The van der Waals surface area contributed by atoms with Gasteiger partial charge in [0.25, 0.3) is 5.91 Å². The summed E-state index contributed by atoms with van der Waals surface area (Å²) in [4.78, 5) is 12.5. The second kappa shape index (κ2) is 4.26. The molecule has 1 aromatic rings. The fourth-order valence-electron chi connectivity index (χ4n) is 0.903. The van der Waals surface area contributed by atoms with E-state index in [0.29, 0.717) is 0 Å². The Kier molecular flexibility index (Phi) is 3.29. The molecule has 0 fully saturated rings. The lowest BCUT2D eigenvalue weighted by molar-refractivity contribution is 0.0954. The van der Waals surface area contributed by atoms with Gasteiger partial charge in [-0.05, 0) is 19.4 Å². The average molecular weight is 183 g/mol. The Morgan fingerprint density at radius 2 is 2.42 bits per heavy atom. The molecule has 66 valence electrons. The highest BCUT2D eigenvalue weighted by Gasteiger charge is 2.04. The second-order valence-corrected chi connectivity index (χ2v) is 3.82. The Balaban J connectivity index is 2.53. The summed E-state index contributed by atoms with van der Waals surface area (Å²) in [6.07, 6.45) is 0.981. The Bertz CT molecular complexity index is 267. The largest absolute Gasteiger partial charge is 0.352 e. The molecule has 1 N–H and O–H groups in total. The molecule has 2 nitrogen and oxygen atoms in total. The summed E-state index contributed by atoms with van der Waals surface area (Å²) in [7, 11) is 0. The highest BCUT2D eigenvalue weighted by molar-refractivity contribution is 7.10. The summed E-state index contributed by atoms with van der Waals surface area (Å²) in [5.41, 5.74) is 0.783. The van der Waals surface area contributed by atoms with Crippen LogP contribution in [0.3, 0.4) is 0 Å². The lowest BCUT2D eigenvalue weighted by Crippen LogP contribution is -2.23. The standard InChI is InChI=1S/C9H13NOS/c1-3-4-10-9(11)8-5-7(2)12-6-8/h5-6H,3-4H2,1-2H3,(H,10,11). The number of hydrogen-bond donors (Lipinski definition) is 1. The highest BCUT2D eigenvalue weighted by Crippen LogP contribution is 2.12. The van der Waals surface area contributed by atoms with Crippen molar-refractivity contribution in [2.45, 2.75) is 20.3 Å². The van der Waals surface area contributed by atoms with Gasteiger partial charge in [-0.15, -0.1) is 11.3 Å². The van der Waals surface area contributed by atoms with Crippen molar-refractivity contribution >= 4 is 17.2 Å². The van der Waals surface area contributed by atoms with Gasteiger partial charge in [-0.1, -0.05) is 6.92 Å². The van der Waals surface area contributed by atoms with Gasteiger partial charge in [0.2, 0.25) is 0 Å². The molecule has 0 aromatic carbocycles. The van der Waals surface area contributed by atoms with Crippen LogP contribution in [0.2, 0.25) is 0 Å². The van der Waals surface area contributed by atoms with Crippen LogP contribution in [0.5, 0.6) is 0 Å². The fourth-order valence-corrected chi connectivity index (χ4v) is 1.59. The molecule has 1 heterocycles. The molecule has 1 aromatic heterocycles. The van der Waals surface area contributed by atoms with Crippen molar-refractivity contribution in [2.75, 3.05) is 6.54 Å². The van der Waals surface area contributed by atoms with E-state index >= 15 is 0 Å². The number of aryl methyl sites for hydroxylation is 1. The number of carbonyl (C=O) groups is 1. The van der Waals surface area contributed by atoms with Crippen LogP contribution in [0, 0.1) is 6.92 Å². The lowest BCUT2D eigenvalue weighted by atomic mass is 10.3. The number of rotatable bonds is 3. The summed E-state index contributed by atoms with van der Waals surface area (Å²) in [5, 5.41) is 4.72. The zero-order valence-corrected chi connectivity index (χ0v) is 8.20. The average Bonchev–Trinajstić information content (AvgIpc) is 2.47. The van der Waals surface area contributed by atoms with Crippen LogP contribution in [-0.4, -0.2) is 12.5 Å². The van der Waals surface area contributed by atoms with Crippen LogP contribution < -0.4 is 5.32 Å². The number of nitrogens with one attached hydrogen (secondary N) is 1. The van der Waals surface area contributed by atoms with Crippen molar-refractivity contribution in [2.24, 2.45) is 0 Å². The van der Waals surface area contributed by atoms with E-state index in [9.17, 15) is 4.79 Å². The first-order chi connectivity index (χ1) is 5.74. The molecule has 0 saturated carbocycles. The first kappa shape index (κ1) is 9.26. The molecule has 0 bridgehead atoms. The third-order valence-electron chi connectivity index (χ3n) is 1.53. The third-order valence-corrected chi connectivity index (χ3v) is 2.39. The number of hydrogen-bond acceptors (Lipinski definition) is 2. The Morgan fingerprint density at radius 1 is 1.67 bits per heavy atom. The molecule has 1 amide bonds. The van der Waals surface area contributed by atoms with Crippen molar-refractivity contribution in [3.63, 3.8) is 0 Å². The van der Waals surface area contributed by atoms with Gasteiger partial charge in [0.1, 0.15) is 0 Å². The van der Waals surface area contributed by atoms with Crippen molar-refractivity contribution in [3.05, 3.63) is 21.9 Å². The predicted octanol–water partition coefficient (Wildman–Crippen LogP) is 2.20. The van der Waals surface area contributed by atoms with Crippen LogP contribution >= 0.6 is 11.3 Å². The Hall–Kier alpha value is -0.830. The molecule has 0 saturated heterocycles. The summed E-state index contributed by atoms with van der Waals surface area (Å²) in [6.45, 7) is 4.80. The SMILES string of the molecule is CCCNC(=O)c1csc(C)c1. The molecule has 0 spiro atoms. The Labute approximate surface area is 76.6 Å². The van der Waals surface area contributed by atoms with Crippen molar-refractivity contribution in [3.8, 4) is 0 Å². The minimum Gasteiger partial charge on any atom is -0.352 e. The van der Waals surface area contributed by atoms with Gasteiger partial charge in [-0.25, -0.2) is 0 Å². The highest BCUT2D eigenvalue weighted by atomic mass is 32.1. The van der Waals surface area contributed by atoms with E-state index in [4.69, 9.17) is 0 Å². The van der Waals surface area contributed by atoms with Gasteiger partial charge < -0.3 is 5.32 Å². The van der Waals surface area contributed by atoms with Gasteiger partial charge in [-0.3, -0.25) is 4.79 Å².